The molecular weight excluding hydrogens is 240 g/mol. The van der Waals surface area contributed by atoms with Crippen molar-refractivity contribution in [3.8, 4) is 11.5 Å². The maximum Gasteiger partial charge on any atom is 0.259 e. The molecule has 2 heterocycles. The van der Waals surface area contributed by atoms with E-state index in [1.54, 1.807) is 30.5 Å². The maximum absolute atomic E-state index is 12.0. The lowest BCUT2D eigenvalue weighted by molar-refractivity contribution is 0.102. The molecule has 0 saturated carbocycles. The Morgan fingerprint density at radius 2 is 2.18 bits per heavy atom. The molecule has 1 aromatic carbocycles. The molecular formula is C12H7ClN2O2. The minimum absolute atomic E-state index is 0.243. The Morgan fingerprint density at radius 3 is 3.06 bits per heavy atom. The number of amides is 1. The number of carbonyl (C=O) groups is 1. The number of nitrogens with zero attached hydrogens (tertiary/aromatic N) is 1. The summed E-state index contributed by atoms with van der Waals surface area (Å²) in [6.45, 7) is 0. The van der Waals surface area contributed by atoms with E-state index in [-0.39, 0.29) is 5.91 Å². The summed E-state index contributed by atoms with van der Waals surface area (Å²) in [4.78, 5) is 15.9. The van der Waals surface area contributed by atoms with Gasteiger partial charge in [-0.15, -0.1) is 0 Å². The first-order valence-corrected chi connectivity index (χ1v) is 5.35. The summed E-state index contributed by atoms with van der Waals surface area (Å²) in [6.07, 6.45) is 3.12. The monoisotopic (exact) mass is 246 g/mol. The van der Waals surface area contributed by atoms with Crippen LogP contribution in [-0.4, -0.2) is 10.9 Å². The number of aromatic nitrogens is 1. The molecule has 1 N–H and O–H groups in total. The van der Waals surface area contributed by atoms with Gasteiger partial charge in [0.2, 0.25) is 0 Å². The van der Waals surface area contributed by atoms with Crippen LogP contribution in [0.4, 0.5) is 5.69 Å². The van der Waals surface area contributed by atoms with E-state index in [4.69, 9.17) is 16.3 Å². The second-order valence-corrected chi connectivity index (χ2v) is 3.95. The first kappa shape index (κ1) is 10.1. The number of rotatable bonds is 0. The molecule has 0 fully saturated rings. The summed E-state index contributed by atoms with van der Waals surface area (Å²) in [7, 11) is 0. The number of nitrogens with one attached hydrogen (secondary N) is 1. The summed E-state index contributed by atoms with van der Waals surface area (Å²) in [5, 5.41) is 3.14. The predicted molar refractivity (Wildman–Crippen MR) is 63.7 cm³/mol. The van der Waals surface area contributed by atoms with E-state index >= 15 is 0 Å². The van der Waals surface area contributed by atoms with E-state index in [9.17, 15) is 4.79 Å². The van der Waals surface area contributed by atoms with Crippen molar-refractivity contribution in [2.24, 2.45) is 0 Å². The highest BCUT2D eigenvalue weighted by Gasteiger charge is 2.22. The smallest absolute Gasteiger partial charge is 0.259 e. The minimum atomic E-state index is -0.243. The molecule has 1 amide bonds. The first-order chi connectivity index (χ1) is 8.25. The third-order valence-corrected chi connectivity index (χ3v) is 2.75. The van der Waals surface area contributed by atoms with Gasteiger partial charge in [0.1, 0.15) is 0 Å². The summed E-state index contributed by atoms with van der Waals surface area (Å²) < 4.78 is 5.63. The summed E-state index contributed by atoms with van der Waals surface area (Å²) >= 11 is 6.02. The van der Waals surface area contributed by atoms with Gasteiger partial charge in [0.25, 0.3) is 5.91 Å². The summed E-state index contributed by atoms with van der Waals surface area (Å²) in [6, 6.07) is 6.72. The molecule has 1 aromatic heterocycles. The van der Waals surface area contributed by atoms with Gasteiger partial charge in [-0.1, -0.05) is 17.7 Å². The Hall–Kier alpha value is -2.07. The average molecular weight is 247 g/mol. The Morgan fingerprint density at radius 1 is 1.29 bits per heavy atom. The van der Waals surface area contributed by atoms with Crippen LogP contribution in [0.1, 0.15) is 10.4 Å². The van der Waals surface area contributed by atoms with E-state index in [1.807, 2.05) is 0 Å². The topological polar surface area (TPSA) is 51.2 Å². The van der Waals surface area contributed by atoms with E-state index in [1.165, 1.54) is 6.20 Å². The second kappa shape index (κ2) is 3.75. The maximum atomic E-state index is 12.0. The fourth-order valence-electron chi connectivity index (χ4n) is 1.66. The van der Waals surface area contributed by atoms with Crippen LogP contribution in [0.2, 0.25) is 5.02 Å². The Labute approximate surface area is 102 Å². The third kappa shape index (κ3) is 1.62. The molecule has 1 aliphatic rings. The molecule has 3 rings (SSSR count). The molecule has 0 atom stereocenters. The van der Waals surface area contributed by atoms with Crippen LogP contribution in [0.5, 0.6) is 11.5 Å². The standard InChI is InChI=1S/C12H7ClN2O2/c13-8-3-1-2-7-11(8)17-10-6-14-5-4-9(10)15-12(7)16/h1-6H,(H,15,16). The minimum Gasteiger partial charge on any atom is -0.451 e. The lowest BCUT2D eigenvalue weighted by Gasteiger charge is -2.07. The van der Waals surface area contributed by atoms with Crippen LogP contribution < -0.4 is 10.1 Å². The Balaban J connectivity index is 2.22. The quantitative estimate of drug-likeness (QED) is 0.777. The zero-order chi connectivity index (χ0) is 11.8. The van der Waals surface area contributed by atoms with Gasteiger partial charge in [-0.3, -0.25) is 9.78 Å². The van der Waals surface area contributed by atoms with Crippen LogP contribution in [0.15, 0.2) is 36.7 Å². The third-order valence-electron chi connectivity index (χ3n) is 2.46. The first-order valence-electron chi connectivity index (χ1n) is 4.97. The fraction of sp³-hybridized carbons (Fsp3) is 0. The molecule has 17 heavy (non-hydrogen) atoms. The molecule has 4 nitrogen and oxygen atoms in total. The fourth-order valence-corrected chi connectivity index (χ4v) is 1.87. The average Bonchev–Trinajstić information content (AvgIpc) is 2.47. The Kier molecular flexibility index (Phi) is 2.23. The van der Waals surface area contributed by atoms with Crippen molar-refractivity contribution in [2.45, 2.75) is 0 Å². The highest BCUT2D eigenvalue weighted by Crippen LogP contribution is 2.38. The van der Waals surface area contributed by atoms with E-state index in [0.717, 1.165) is 0 Å². The van der Waals surface area contributed by atoms with Gasteiger partial charge in [0.15, 0.2) is 11.5 Å². The van der Waals surface area contributed by atoms with Crippen molar-refractivity contribution >= 4 is 23.2 Å². The second-order valence-electron chi connectivity index (χ2n) is 3.54. The number of fused-ring (bicyclic) bond motifs is 2. The number of halogens is 1. The highest BCUT2D eigenvalue weighted by molar-refractivity contribution is 6.33. The number of pyridine rings is 1. The van der Waals surface area contributed by atoms with E-state index < -0.39 is 0 Å². The van der Waals surface area contributed by atoms with Crippen molar-refractivity contribution in [3.05, 3.63) is 47.2 Å². The van der Waals surface area contributed by atoms with Gasteiger partial charge < -0.3 is 10.1 Å². The predicted octanol–water partition coefficient (Wildman–Crippen LogP) is 3.09. The molecule has 84 valence electrons. The molecule has 0 unspecified atom stereocenters. The van der Waals surface area contributed by atoms with Gasteiger partial charge in [-0.2, -0.15) is 0 Å². The summed E-state index contributed by atoms with van der Waals surface area (Å²) in [5.74, 6) is 0.596. The SMILES string of the molecule is O=C1Nc2ccncc2Oc2c(Cl)cccc21. The van der Waals surface area contributed by atoms with Gasteiger partial charge >= 0.3 is 0 Å². The van der Waals surface area contributed by atoms with E-state index in [2.05, 4.69) is 10.3 Å². The van der Waals surface area contributed by atoms with Crippen LogP contribution in [0.25, 0.3) is 0 Å². The molecule has 5 heteroatoms. The van der Waals surface area contributed by atoms with Crippen LogP contribution in [0, 0.1) is 0 Å². The normalized spacial score (nSPS) is 12.9. The highest BCUT2D eigenvalue weighted by atomic mass is 35.5. The Bertz CT molecular complexity index is 613. The zero-order valence-electron chi connectivity index (χ0n) is 8.61. The van der Waals surface area contributed by atoms with Crippen LogP contribution >= 0.6 is 11.6 Å². The number of hydrogen-bond donors (Lipinski definition) is 1. The van der Waals surface area contributed by atoms with Crippen molar-refractivity contribution in [3.63, 3.8) is 0 Å². The lowest BCUT2D eigenvalue weighted by Crippen LogP contribution is -2.10. The summed E-state index contributed by atoms with van der Waals surface area (Å²) in [5.41, 5.74) is 0.992. The van der Waals surface area contributed by atoms with Gasteiger partial charge in [-0.05, 0) is 18.2 Å². The molecule has 0 radical (unpaired) electrons. The van der Waals surface area contributed by atoms with Gasteiger partial charge in [0, 0.05) is 6.20 Å². The number of anilines is 1. The van der Waals surface area contributed by atoms with Crippen molar-refractivity contribution < 1.29 is 9.53 Å². The van der Waals surface area contributed by atoms with Gasteiger partial charge in [0.05, 0.1) is 22.5 Å². The molecule has 0 aliphatic carbocycles. The van der Waals surface area contributed by atoms with Crippen LogP contribution in [0.3, 0.4) is 0 Å². The molecule has 0 spiro atoms. The molecule has 0 bridgehead atoms. The van der Waals surface area contributed by atoms with Crippen molar-refractivity contribution in [2.75, 3.05) is 5.32 Å². The number of carbonyl (C=O) groups excluding carboxylic acids is 1. The molecule has 0 saturated heterocycles. The number of para-hydroxylation sites is 1. The van der Waals surface area contributed by atoms with Crippen LogP contribution in [-0.2, 0) is 0 Å². The van der Waals surface area contributed by atoms with Crippen molar-refractivity contribution in [1.29, 1.82) is 0 Å². The van der Waals surface area contributed by atoms with Gasteiger partial charge in [-0.25, -0.2) is 0 Å². The molecule has 2 aromatic rings. The van der Waals surface area contributed by atoms with E-state index in [0.29, 0.717) is 27.8 Å². The number of benzene rings is 1. The number of ether oxygens (including phenoxy) is 1. The largest absolute Gasteiger partial charge is 0.451 e. The number of hydrogen-bond acceptors (Lipinski definition) is 3. The van der Waals surface area contributed by atoms with Crippen molar-refractivity contribution in [1.82, 2.24) is 4.98 Å². The lowest BCUT2D eigenvalue weighted by atomic mass is 10.2. The molecule has 1 aliphatic heterocycles. The zero-order valence-corrected chi connectivity index (χ0v) is 9.36.